The fourth-order valence-corrected chi connectivity index (χ4v) is 2.99. The third-order valence-corrected chi connectivity index (χ3v) is 4.38. The van der Waals surface area contributed by atoms with E-state index in [9.17, 15) is 4.79 Å². The lowest BCUT2D eigenvalue weighted by molar-refractivity contribution is 0.0987. The first-order chi connectivity index (χ1) is 10.1. The monoisotopic (exact) mass is 276 g/mol. The summed E-state index contributed by atoms with van der Waals surface area (Å²) in [4.78, 5) is 12.4. The van der Waals surface area contributed by atoms with Gasteiger partial charge in [-0.25, -0.2) is 0 Å². The molecular formula is C20H20O. The summed E-state index contributed by atoms with van der Waals surface area (Å²) >= 11 is 0. The molecular weight excluding hydrogens is 256 g/mol. The molecule has 0 heterocycles. The van der Waals surface area contributed by atoms with Crippen molar-refractivity contribution in [2.45, 2.75) is 33.1 Å². The van der Waals surface area contributed by atoms with Crippen LogP contribution in [0.5, 0.6) is 0 Å². The normalized spacial score (nSPS) is 15.2. The molecule has 1 heteroatoms. The zero-order valence-electron chi connectivity index (χ0n) is 12.8. The van der Waals surface area contributed by atoms with Crippen LogP contribution in [0.3, 0.4) is 0 Å². The quantitative estimate of drug-likeness (QED) is 0.684. The molecule has 0 radical (unpaired) electrons. The van der Waals surface area contributed by atoms with Crippen LogP contribution in [-0.2, 0) is 0 Å². The van der Waals surface area contributed by atoms with E-state index in [0.717, 1.165) is 16.5 Å². The summed E-state index contributed by atoms with van der Waals surface area (Å²) in [6.45, 7) is 6.19. The molecule has 2 aromatic rings. The maximum absolute atomic E-state index is 12.4. The average molecular weight is 276 g/mol. The Balaban J connectivity index is 2.22. The SMILES string of the molecule is CCC(=O)c1cc2ccccc2cc1C1C=C(C)C(C)=C1. The smallest absolute Gasteiger partial charge is 0.162 e. The molecule has 106 valence electrons. The Labute approximate surface area is 126 Å². The van der Waals surface area contributed by atoms with Gasteiger partial charge in [-0.05, 0) is 42.3 Å². The molecule has 0 N–H and O–H groups in total. The molecule has 0 aromatic heterocycles. The number of allylic oxidation sites excluding steroid dienone is 4. The first-order valence-electron chi connectivity index (χ1n) is 7.53. The van der Waals surface area contributed by atoms with Crippen molar-refractivity contribution in [3.8, 4) is 0 Å². The van der Waals surface area contributed by atoms with Gasteiger partial charge in [0.1, 0.15) is 0 Å². The molecule has 0 unspecified atom stereocenters. The van der Waals surface area contributed by atoms with Gasteiger partial charge >= 0.3 is 0 Å². The van der Waals surface area contributed by atoms with Gasteiger partial charge in [-0.3, -0.25) is 4.79 Å². The molecule has 2 aromatic carbocycles. The molecule has 0 saturated carbocycles. The summed E-state index contributed by atoms with van der Waals surface area (Å²) in [5.41, 5.74) is 4.62. The van der Waals surface area contributed by atoms with E-state index < -0.39 is 0 Å². The highest BCUT2D eigenvalue weighted by Crippen LogP contribution is 2.35. The van der Waals surface area contributed by atoms with Crippen LogP contribution in [0.2, 0.25) is 0 Å². The van der Waals surface area contributed by atoms with Crippen molar-refractivity contribution in [2.24, 2.45) is 0 Å². The van der Waals surface area contributed by atoms with E-state index in [0.29, 0.717) is 6.42 Å². The van der Waals surface area contributed by atoms with E-state index in [-0.39, 0.29) is 11.7 Å². The standard InChI is InChI=1S/C20H20O/c1-4-20(21)19-12-16-8-6-5-7-15(16)11-18(19)17-9-13(2)14(3)10-17/h5-12,17H,4H2,1-3H3. The highest BCUT2D eigenvalue weighted by molar-refractivity contribution is 6.01. The molecule has 0 bridgehead atoms. The topological polar surface area (TPSA) is 17.1 Å². The number of hydrogen-bond donors (Lipinski definition) is 0. The van der Waals surface area contributed by atoms with Gasteiger partial charge in [0.05, 0.1) is 0 Å². The average Bonchev–Trinajstić information content (AvgIpc) is 2.84. The lowest BCUT2D eigenvalue weighted by Gasteiger charge is -2.14. The van der Waals surface area contributed by atoms with Crippen molar-refractivity contribution < 1.29 is 4.79 Å². The Bertz CT molecular complexity index is 760. The Morgan fingerprint density at radius 1 is 1.00 bits per heavy atom. The summed E-state index contributed by atoms with van der Waals surface area (Å²) in [5, 5.41) is 2.33. The van der Waals surface area contributed by atoms with Crippen molar-refractivity contribution in [2.75, 3.05) is 0 Å². The van der Waals surface area contributed by atoms with E-state index in [1.165, 1.54) is 16.5 Å². The van der Waals surface area contributed by atoms with Crippen LogP contribution in [0.15, 0.2) is 59.7 Å². The Morgan fingerprint density at radius 3 is 2.14 bits per heavy atom. The lowest BCUT2D eigenvalue weighted by Crippen LogP contribution is -2.04. The highest BCUT2D eigenvalue weighted by atomic mass is 16.1. The number of rotatable bonds is 3. The van der Waals surface area contributed by atoms with Crippen molar-refractivity contribution in [3.63, 3.8) is 0 Å². The molecule has 21 heavy (non-hydrogen) atoms. The minimum Gasteiger partial charge on any atom is -0.294 e. The maximum Gasteiger partial charge on any atom is 0.162 e. The summed E-state index contributed by atoms with van der Waals surface area (Å²) in [5.74, 6) is 0.444. The molecule has 0 fully saturated rings. The van der Waals surface area contributed by atoms with Crippen molar-refractivity contribution in [1.29, 1.82) is 0 Å². The van der Waals surface area contributed by atoms with E-state index in [4.69, 9.17) is 0 Å². The summed E-state index contributed by atoms with van der Waals surface area (Å²) in [6, 6.07) is 12.5. The van der Waals surface area contributed by atoms with E-state index in [1.807, 2.05) is 19.1 Å². The Hall–Kier alpha value is -2.15. The highest BCUT2D eigenvalue weighted by Gasteiger charge is 2.20. The molecule has 1 aliphatic rings. The van der Waals surface area contributed by atoms with Gasteiger partial charge in [-0.15, -0.1) is 0 Å². The number of carbonyl (C=O) groups excluding carboxylic acids is 1. The number of fused-ring (bicyclic) bond motifs is 1. The molecule has 1 aliphatic carbocycles. The van der Waals surface area contributed by atoms with Crippen LogP contribution in [0.4, 0.5) is 0 Å². The molecule has 3 rings (SSSR count). The van der Waals surface area contributed by atoms with E-state index in [1.54, 1.807) is 0 Å². The van der Waals surface area contributed by atoms with Crippen molar-refractivity contribution >= 4 is 16.6 Å². The molecule has 0 atom stereocenters. The zero-order chi connectivity index (χ0) is 15.0. The molecule has 1 nitrogen and oxygen atoms in total. The van der Waals surface area contributed by atoms with Crippen LogP contribution >= 0.6 is 0 Å². The van der Waals surface area contributed by atoms with E-state index >= 15 is 0 Å². The number of hydrogen-bond acceptors (Lipinski definition) is 1. The second kappa shape index (κ2) is 5.33. The predicted octanol–water partition coefficient (Wildman–Crippen LogP) is 5.42. The largest absolute Gasteiger partial charge is 0.294 e. The van der Waals surface area contributed by atoms with Crippen LogP contribution < -0.4 is 0 Å². The van der Waals surface area contributed by atoms with Gasteiger partial charge in [0, 0.05) is 17.9 Å². The second-order valence-electron chi connectivity index (χ2n) is 5.79. The summed E-state index contributed by atoms with van der Waals surface area (Å²) in [7, 11) is 0. The van der Waals surface area contributed by atoms with Crippen molar-refractivity contribution in [1.82, 2.24) is 0 Å². The second-order valence-corrected chi connectivity index (χ2v) is 5.79. The van der Waals surface area contributed by atoms with E-state index in [2.05, 4.69) is 50.3 Å². The van der Waals surface area contributed by atoms with Gasteiger partial charge in [0.15, 0.2) is 5.78 Å². The third kappa shape index (κ3) is 2.44. The fraction of sp³-hybridized carbons (Fsp3) is 0.250. The number of benzene rings is 2. The number of ketones is 1. The minimum absolute atomic E-state index is 0.222. The van der Waals surface area contributed by atoms with Gasteiger partial charge < -0.3 is 0 Å². The van der Waals surface area contributed by atoms with Crippen LogP contribution in [0.25, 0.3) is 10.8 Å². The fourth-order valence-electron chi connectivity index (χ4n) is 2.99. The van der Waals surface area contributed by atoms with Gasteiger partial charge in [-0.1, -0.05) is 54.5 Å². The van der Waals surface area contributed by atoms with Gasteiger partial charge in [-0.2, -0.15) is 0 Å². The van der Waals surface area contributed by atoms with Gasteiger partial charge in [0.2, 0.25) is 0 Å². The van der Waals surface area contributed by atoms with Gasteiger partial charge in [0.25, 0.3) is 0 Å². The van der Waals surface area contributed by atoms with Crippen LogP contribution in [0, 0.1) is 0 Å². The third-order valence-electron chi connectivity index (χ3n) is 4.38. The number of carbonyl (C=O) groups is 1. The minimum atomic E-state index is 0.222. The molecule has 0 amide bonds. The van der Waals surface area contributed by atoms with Crippen molar-refractivity contribution in [3.05, 3.63) is 70.8 Å². The first-order valence-corrected chi connectivity index (χ1v) is 7.53. The lowest BCUT2D eigenvalue weighted by atomic mass is 9.89. The van der Waals surface area contributed by atoms with Crippen LogP contribution in [-0.4, -0.2) is 5.78 Å². The number of Topliss-reactive ketones (excluding diaryl/α,β-unsaturated/α-hetero) is 1. The molecule has 0 saturated heterocycles. The zero-order valence-corrected chi connectivity index (χ0v) is 12.8. The molecule has 0 aliphatic heterocycles. The maximum atomic E-state index is 12.4. The summed E-state index contributed by atoms with van der Waals surface area (Å²) in [6.07, 6.45) is 5.06. The van der Waals surface area contributed by atoms with Crippen LogP contribution in [0.1, 0.15) is 49.0 Å². The summed E-state index contributed by atoms with van der Waals surface area (Å²) < 4.78 is 0. The molecule has 0 spiro atoms. The predicted molar refractivity (Wildman–Crippen MR) is 88.8 cm³/mol. The Kier molecular flexibility index (Phi) is 3.50. The Morgan fingerprint density at radius 2 is 1.57 bits per heavy atom. The first kappa shape index (κ1) is 13.8.